The summed E-state index contributed by atoms with van der Waals surface area (Å²) in [5.41, 5.74) is 1.61. The molecule has 0 saturated carbocycles. The van der Waals surface area contributed by atoms with Gasteiger partial charge in [0.1, 0.15) is 23.5 Å². The molecule has 0 atom stereocenters. The zero-order chi connectivity index (χ0) is 22.9. The molecule has 3 heterocycles. The summed E-state index contributed by atoms with van der Waals surface area (Å²) in [7, 11) is 0. The molecule has 1 aromatic carbocycles. The molecule has 0 spiro atoms. The largest absolute Gasteiger partial charge is 0.487 e. The van der Waals surface area contributed by atoms with Crippen molar-refractivity contribution in [3.8, 4) is 5.75 Å². The number of aromatic nitrogens is 1. The van der Waals surface area contributed by atoms with Crippen molar-refractivity contribution in [3.05, 3.63) is 58.8 Å². The predicted molar refractivity (Wildman–Crippen MR) is 120 cm³/mol. The van der Waals surface area contributed by atoms with Gasteiger partial charge in [0.05, 0.1) is 11.2 Å². The molecule has 4 rings (SSSR count). The van der Waals surface area contributed by atoms with Crippen LogP contribution >= 0.6 is 11.6 Å². The SMILES string of the molecule is CC(C)(C)OC(=O)N1CCC(c2ccncc2OCc2ccc(Cl)c3cc(F)oc23)CC1. The number of nitrogens with zero attached hydrogens (tertiary/aromatic N) is 2. The van der Waals surface area contributed by atoms with Crippen molar-refractivity contribution in [3.63, 3.8) is 0 Å². The molecular formula is C24H26ClFN2O4. The van der Waals surface area contributed by atoms with Crippen LogP contribution in [0, 0.1) is 6.01 Å². The van der Waals surface area contributed by atoms with Gasteiger partial charge in [-0.1, -0.05) is 17.7 Å². The lowest BCUT2D eigenvalue weighted by Gasteiger charge is -2.34. The second kappa shape index (κ2) is 8.98. The molecule has 0 radical (unpaired) electrons. The summed E-state index contributed by atoms with van der Waals surface area (Å²) < 4.78 is 30.4. The number of halogens is 2. The highest BCUT2D eigenvalue weighted by Gasteiger charge is 2.28. The van der Waals surface area contributed by atoms with Gasteiger partial charge in [-0.2, -0.15) is 4.39 Å². The minimum absolute atomic E-state index is 0.191. The minimum Gasteiger partial charge on any atom is -0.487 e. The lowest BCUT2D eigenvalue weighted by atomic mass is 9.89. The molecular weight excluding hydrogens is 435 g/mol. The first-order valence-corrected chi connectivity index (χ1v) is 11.0. The van der Waals surface area contributed by atoms with Gasteiger partial charge in [0.15, 0.2) is 0 Å². The van der Waals surface area contributed by atoms with Gasteiger partial charge >= 0.3 is 6.09 Å². The van der Waals surface area contributed by atoms with Crippen molar-refractivity contribution >= 4 is 28.7 Å². The van der Waals surface area contributed by atoms with Crippen molar-refractivity contribution in [2.75, 3.05) is 13.1 Å². The molecule has 0 aliphatic carbocycles. The van der Waals surface area contributed by atoms with Crippen LogP contribution < -0.4 is 4.74 Å². The number of ether oxygens (including phenoxy) is 2. The van der Waals surface area contributed by atoms with Crippen molar-refractivity contribution in [1.82, 2.24) is 9.88 Å². The van der Waals surface area contributed by atoms with Gasteiger partial charge < -0.3 is 18.8 Å². The van der Waals surface area contributed by atoms with Gasteiger partial charge in [-0.15, -0.1) is 0 Å². The molecule has 1 saturated heterocycles. The highest BCUT2D eigenvalue weighted by molar-refractivity contribution is 6.35. The maximum Gasteiger partial charge on any atom is 0.410 e. The molecule has 3 aromatic rings. The van der Waals surface area contributed by atoms with Crippen molar-refractivity contribution in [2.24, 2.45) is 0 Å². The average molecular weight is 461 g/mol. The van der Waals surface area contributed by atoms with E-state index in [4.69, 9.17) is 25.5 Å². The number of fused-ring (bicyclic) bond motifs is 1. The Bertz CT molecular complexity index is 1120. The monoisotopic (exact) mass is 460 g/mol. The molecule has 2 aromatic heterocycles. The van der Waals surface area contributed by atoms with Crippen LogP contribution in [0.3, 0.4) is 0 Å². The van der Waals surface area contributed by atoms with Crippen LogP contribution in [0.25, 0.3) is 11.0 Å². The molecule has 1 amide bonds. The minimum atomic E-state index is -0.687. The molecule has 6 nitrogen and oxygen atoms in total. The fraction of sp³-hybridized carbons (Fsp3) is 0.417. The molecule has 32 heavy (non-hydrogen) atoms. The number of furan rings is 1. The molecule has 170 valence electrons. The van der Waals surface area contributed by atoms with Crippen LogP contribution in [-0.2, 0) is 11.3 Å². The van der Waals surface area contributed by atoms with E-state index in [1.165, 1.54) is 6.07 Å². The van der Waals surface area contributed by atoms with E-state index in [0.717, 1.165) is 18.4 Å². The van der Waals surface area contributed by atoms with Crippen LogP contribution in [0.1, 0.15) is 50.7 Å². The average Bonchev–Trinajstić information content (AvgIpc) is 3.15. The first-order valence-electron chi connectivity index (χ1n) is 10.6. The summed E-state index contributed by atoms with van der Waals surface area (Å²) in [6.45, 7) is 7.02. The normalized spacial score (nSPS) is 15.2. The van der Waals surface area contributed by atoms with E-state index in [0.29, 0.717) is 40.4 Å². The van der Waals surface area contributed by atoms with Crippen LogP contribution in [-0.4, -0.2) is 34.7 Å². The zero-order valence-corrected chi connectivity index (χ0v) is 19.1. The van der Waals surface area contributed by atoms with Gasteiger partial charge in [-0.25, -0.2) is 4.79 Å². The lowest BCUT2D eigenvalue weighted by molar-refractivity contribution is 0.0204. The third kappa shape index (κ3) is 4.99. The fourth-order valence-electron chi connectivity index (χ4n) is 3.93. The summed E-state index contributed by atoms with van der Waals surface area (Å²) >= 11 is 6.14. The molecule has 0 unspecified atom stereocenters. The van der Waals surface area contributed by atoms with E-state index in [1.807, 2.05) is 26.8 Å². The number of carbonyl (C=O) groups is 1. The fourth-order valence-corrected chi connectivity index (χ4v) is 4.14. The summed E-state index contributed by atoms with van der Waals surface area (Å²) in [5, 5.41) is 0.946. The summed E-state index contributed by atoms with van der Waals surface area (Å²) in [6, 6.07) is 6.01. The van der Waals surface area contributed by atoms with Gasteiger partial charge in [-0.3, -0.25) is 4.98 Å². The third-order valence-corrected chi connectivity index (χ3v) is 5.80. The molecule has 0 N–H and O–H groups in total. The van der Waals surface area contributed by atoms with E-state index < -0.39 is 11.6 Å². The predicted octanol–water partition coefficient (Wildman–Crippen LogP) is 6.31. The van der Waals surface area contributed by atoms with E-state index in [1.54, 1.807) is 29.4 Å². The van der Waals surface area contributed by atoms with E-state index in [2.05, 4.69) is 4.98 Å². The summed E-state index contributed by atoms with van der Waals surface area (Å²) in [6.07, 6.45) is 4.75. The standard InChI is InChI=1S/C24H26ClFN2O4/c1-24(2,3)32-23(29)28-10-7-15(8-11-28)17-6-9-27-13-20(17)30-14-16-4-5-19(25)18-12-21(26)31-22(16)18/h4-6,9,12-13,15H,7-8,10-11,14H2,1-3H3. The number of hydrogen-bond acceptors (Lipinski definition) is 5. The maximum absolute atomic E-state index is 13.6. The number of likely N-dealkylation sites (tertiary alicyclic amines) is 1. The van der Waals surface area contributed by atoms with Crippen molar-refractivity contribution in [2.45, 2.75) is 51.7 Å². The Balaban J connectivity index is 1.44. The first-order chi connectivity index (χ1) is 15.2. The molecule has 0 bridgehead atoms. The van der Waals surface area contributed by atoms with Crippen LogP contribution in [0.5, 0.6) is 5.75 Å². The van der Waals surface area contributed by atoms with Gasteiger partial charge in [0, 0.05) is 41.9 Å². The Morgan fingerprint density at radius 1 is 1.28 bits per heavy atom. The van der Waals surface area contributed by atoms with Gasteiger partial charge in [0.25, 0.3) is 6.01 Å². The highest BCUT2D eigenvalue weighted by Crippen LogP contribution is 2.35. The van der Waals surface area contributed by atoms with Crippen LogP contribution in [0.15, 0.2) is 41.1 Å². The number of rotatable bonds is 4. The number of amides is 1. The molecule has 1 aliphatic heterocycles. The molecule has 8 heteroatoms. The molecule has 1 aliphatic rings. The van der Waals surface area contributed by atoms with E-state index in [-0.39, 0.29) is 18.6 Å². The van der Waals surface area contributed by atoms with E-state index >= 15 is 0 Å². The van der Waals surface area contributed by atoms with E-state index in [9.17, 15) is 9.18 Å². The Hall–Kier alpha value is -2.80. The highest BCUT2D eigenvalue weighted by atomic mass is 35.5. The topological polar surface area (TPSA) is 64.8 Å². The second-order valence-electron chi connectivity index (χ2n) is 8.94. The Morgan fingerprint density at radius 2 is 2.03 bits per heavy atom. The third-order valence-electron chi connectivity index (χ3n) is 5.47. The number of benzene rings is 1. The van der Waals surface area contributed by atoms with Crippen LogP contribution in [0.2, 0.25) is 5.02 Å². The van der Waals surface area contributed by atoms with Gasteiger partial charge in [0.2, 0.25) is 0 Å². The zero-order valence-electron chi connectivity index (χ0n) is 18.4. The Labute approximate surface area is 191 Å². The Kier molecular flexibility index (Phi) is 6.29. The lowest BCUT2D eigenvalue weighted by Crippen LogP contribution is -2.41. The van der Waals surface area contributed by atoms with Crippen LogP contribution in [0.4, 0.5) is 9.18 Å². The summed E-state index contributed by atoms with van der Waals surface area (Å²) in [4.78, 5) is 18.3. The van der Waals surface area contributed by atoms with Crippen molar-refractivity contribution < 1.29 is 23.1 Å². The first kappa shape index (κ1) is 22.4. The summed E-state index contributed by atoms with van der Waals surface area (Å²) in [5.74, 6) is 0.899. The second-order valence-corrected chi connectivity index (χ2v) is 9.35. The quantitative estimate of drug-likeness (QED) is 0.456. The maximum atomic E-state index is 13.6. The smallest absolute Gasteiger partial charge is 0.410 e. The van der Waals surface area contributed by atoms with Gasteiger partial charge in [-0.05, 0) is 51.7 Å². The van der Waals surface area contributed by atoms with Crippen molar-refractivity contribution in [1.29, 1.82) is 0 Å². The Morgan fingerprint density at radius 3 is 2.75 bits per heavy atom. The number of carbonyl (C=O) groups excluding carboxylic acids is 1. The molecule has 1 fully saturated rings. The number of pyridine rings is 1. The number of hydrogen-bond donors (Lipinski definition) is 0. The number of piperidine rings is 1.